The van der Waals surface area contributed by atoms with E-state index >= 15 is 0 Å². The summed E-state index contributed by atoms with van der Waals surface area (Å²) in [4.78, 5) is 32.0. The number of rotatable bonds is 4. The van der Waals surface area contributed by atoms with Gasteiger partial charge in [0.05, 0.1) is 6.33 Å². The average Bonchev–Trinajstić information content (AvgIpc) is 2.93. The van der Waals surface area contributed by atoms with Gasteiger partial charge in [0.25, 0.3) is 0 Å². The van der Waals surface area contributed by atoms with E-state index in [1.54, 1.807) is 11.1 Å². The standard InChI is InChI=1S/C13H20N4O3S/c1-8-9(2)21-4-3-17(8)13(20)16-11(12(18)19)5-10-6-14-7-15-10/h6-9,11H,3-5H2,1-2H3,(H,14,15)(H,16,20)(H,18,19)/t8?,9?,11-/m0/s1. The molecule has 1 aromatic heterocycles. The number of aliphatic carboxylic acids is 1. The number of carbonyl (C=O) groups excluding carboxylic acids is 1. The molecule has 1 saturated heterocycles. The molecule has 1 aliphatic rings. The zero-order valence-electron chi connectivity index (χ0n) is 12.1. The minimum Gasteiger partial charge on any atom is -0.480 e. The highest BCUT2D eigenvalue weighted by Gasteiger charge is 2.31. The highest BCUT2D eigenvalue weighted by Crippen LogP contribution is 2.24. The summed E-state index contributed by atoms with van der Waals surface area (Å²) in [6.45, 7) is 4.70. The summed E-state index contributed by atoms with van der Waals surface area (Å²) in [5.74, 6) is -0.179. The van der Waals surface area contributed by atoms with Crippen LogP contribution in [0.25, 0.3) is 0 Å². The van der Waals surface area contributed by atoms with Gasteiger partial charge in [-0.3, -0.25) is 0 Å². The molecule has 3 N–H and O–H groups in total. The van der Waals surface area contributed by atoms with Gasteiger partial charge in [-0.05, 0) is 6.92 Å². The Kier molecular flexibility index (Phi) is 5.11. The van der Waals surface area contributed by atoms with Crippen molar-refractivity contribution >= 4 is 23.8 Å². The molecule has 3 atom stereocenters. The largest absolute Gasteiger partial charge is 0.480 e. The van der Waals surface area contributed by atoms with Crippen molar-refractivity contribution in [3.63, 3.8) is 0 Å². The number of carboxylic acids is 1. The number of hydrogen-bond acceptors (Lipinski definition) is 4. The summed E-state index contributed by atoms with van der Waals surface area (Å²) < 4.78 is 0. The maximum Gasteiger partial charge on any atom is 0.326 e. The molecule has 0 aromatic carbocycles. The Balaban J connectivity index is 1.99. The van der Waals surface area contributed by atoms with E-state index in [-0.39, 0.29) is 18.5 Å². The van der Waals surface area contributed by atoms with Crippen LogP contribution in [0.4, 0.5) is 4.79 Å². The molecule has 116 valence electrons. The third-order valence-corrected chi connectivity index (χ3v) is 5.06. The number of aromatic nitrogens is 2. The van der Waals surface area contributed by atoms with Crippen molar-refractivity contribution < 1.29 is 14.7 Å². The second-order valence-electron chi connectivity index (χ2n) is 5.13. The normalized spacial score (nSPS) is 23.6. The van der Waals surface area contributed by atoms with Crippen molar-refractivity contribution in [1.29, 1.82) is 0 Å². The molecule has 1 fully saturated rings. The summed E-state index contributed by atoms with van der Waals surface area (Å²) in [6.07, 6.45) is 3.24. The van der Waals surface area contributed by atoms with Crippen molar-refractivity contribution in [1.82, 2.24) is 20.2 Å². The van der Waals surface area contributed by atoms with E-state index in [4.69, 9.17) is 0 Å². The fraction of sp³-hybridized carbons (Fsp3) is 0.615. The molecule has 2 amide bonds. The Morgan fingerprint density at radius 2 is 2.38 bits per heavy atom. The van der Waals surface area contributed by atoms with Crippen LogP contribution in [-0.4, -0.2) is 61.6 Å². The fourth-order valence-corrected chi connectivity index (χ4v) is 3.37. The van der Waals surface area contributed by atoms with Crippen molar-refractivity contribution in [3.05, 3.63) is 18.2 Å². The second kappa shape index (κ2) is 6.84. The van der Waals surface area contributed by atoms with Gasteiger partial charge in [-0.25, -0.2) is 14.6 Å². The van der Waals surface area contributed by atoms with Gasteiger partial charge in [0.2, 0.25) is 0 Å². The second-order valence-corrected chi connectivity index (χ2v) is 6.62. The molecule has 7 nitrogen and oxygen atoms in total. The van der Waals surface area contributed by atoms with Crippen LogP contribution in [0.15, 0.2) is 12.5 Å². The topological polar surface area (TPSA) is 98.3 Å². The smallest absolute Gasteiger partial charge is 0.326 e. The van der Waals surface area contributed by atoms with Gasteiger partial charge in [-0.1, -0.05) is 6.92 Å². The number of imidazole rings is 1. The van der Waals surface area contributed by atoms with E-state index in [0.29, 0.717) is 17.5 Å². The lowest BCUT2D eigenvalue weighted by atomic mass is 10.1. The van der Waals surface area contributed by atoms with Gasteiger partial charge < -0.3 is 20.3 Å². The summed E-state index contributed by atoms with van der Waals surface area (Å²) in [7, 11) is 0. The molecular weight excluding hydrogens is 292 g/mol. The number of aromatic amines is 1. The Hall–Kier alpha value is -1.70. The molecule has 0 bridgehead atoms. The molecule has 2 unspecified atom stereocenters. The number of thioether (sulfide) groups is 1. The lowest BCUT2D eigenvalue weighted by molar-refractivity contribution is -0.139. The molecule has 1 aliphatic heterocycles. The third kappa shape index (κ3) is 3.90. The number of hydrogen-bond donors (Lipinski definition) is 3. The van der Waals surface area contributed by atoms with E-state index in [1.165, 1.54) is 6.33 Å². The number of carboxylic acid groups (broad SMARTS) is 1. The lowest BCUT2D eigenvalue weighted by Gasteiger charge is -2.37. The maximum absolute atomic E-state index is 12.3. The number of nitrogens with zero attached hydrogens (tertiary/aromatic N) is 2. The van der Waals surface area contributed by atoms with Crippen molar-refractivity contribution in [2.24, 2.45) is 0 Å². The lowest BCUT2D eigenvalue weighted by Crippen LogP contribution is -2.55. The first-order valence-corrected chi connectivity index (χ1v) is 7.92. The molecule has 2 rings (SSSR count). The monoisotopic (exact) mass is 312 g/mol. The van der Waals surface area contributed by atoms with E-state index in [2.05, 4.69) is 22.2 Å². The van der Waals surface area contributed by atoms with Gasteiger partial charge in [0.15, 0.2) is 0 Å². The van der Waals surface area contributed by atoms with Crippen LogP contribution in [0.2, 0.25) is 0 Å². The Labute approximate surface area is 127 Å². The van der Waals surface area contributed by atoms with Crippen molar-refractivity contribution in [2.45, 2.75) is 37.6 Å². The van der Waals surface area contributed by atoms with Gasteiger partial charge in [-0.15, -0.1) is 0 Å². The molecular formula is C13H20N4O3S. The predicted octanol–water partition coefficient (Wildman–Crippen LogP) is 0.941. The minimum atomic E-state index is -1.05. The number of nitrogens with one attached hydrogen (secondary N) is 2. The molecule has 8 heteroatoms. The van der Waals surface area contributed by atoms with Crippen molar-refractivity contribution in [3.8, 4) is 0 Å². The number of urea groups is 1. The zero-order chi connectivity index (χ0) is 15.4. The minimum absolute atomic E-state index is 0.0883. The van der Waals surface area contributed by atoms with Crippen molar-refractivity contribution in [2.75, 3.05) is 12.3 Å². The van der Waals surface area contributed by atoms with Crippen LogP contribution in [0.5, 0.6) is 0 Å². The number of H-pyrrole nitrogens is 1. The van der Waals surface area contributed by atoms with Gasteiger partial charge in [0, 0.05) is 41.9 Å². The van der Waals surface area contributed by atoms with Crippen LogP contribution in [0, 0.1) is 0 Å². The number of carbonyl (C=O) groups is 2. The zero-order valence-corrected chi connectivity index (χ0v) is 12.9. The Morgan fingerprint density at radius 3 is 3.00 bits per heavy atom. The van der Waals surface area contributed by atoms with E-state index < -0.39 is 12.0 Å². The third-order valence-electron chi connectivity index (χ3n) is 3.72. The first-order valence-electron chi connectivity index (χ1n) is 6.88. The summed E-state index contributed by atoms with van der Waals surface area (Å²) in [6, 6.07) is -1.19. The van der Waals surface area contributed by atoms with Crippen LogP contribution >= 0.6 is 11.8 Å². The van der Waals surface area contributed by atoms with Gasteiger partial charge in [-0.2, -0.15) is 11.8 Å². The van der Waals surface area contributed by atoms with Crippen LogP contribution in [0.3, 0.4) is 0 Å². The molecule has 2 heterocycles. The molecule has 0 spiro atoms. The molecule has 21 heavy (non-hydrogen) atoms. The molecule has 1 aromatic rings. The predicted molar refractivity (Wildman–Crippen MR) is 80.3 cm³/mol. The summed E-state index contributed by atoms with van der Waals surface area (Å²) in [5, 5.41) is 12.2. The fourth-order valence-electron chi connectivity index (χ4n) is 2.27. The van der Waals surface area contributed by atoms with Crippen LogP contribution in [0.1, 0.15) is 19.5 Å². The SMILES string of the molecule is CC1SCCN(C(=O)N[C@@H](Cc2cnc[nH]2)C(=O)O)C1C. The maximum atomic E-state index is 12.3. The van der Waals surface area contributed by atoms with Gasteiger partial charge >= 0.3 is 12.0 Å². The highest BCUT2D eigenvalue weighted by atomic mass is 32.2. The Bertz CT molecular complexity index is 494. The van der Waals surface area contributed by atoms with Crippen LogP contribution in [-0.2, 0) is 11.2 Å². The Morgan fingerprint density at radius 1 is 1.62 bits per heavy atom. The van der Waals surface area contributed by atoms with E-state index in [9.17, 15) is 14.7 Å². The highest BCUT2D eigenvalue weighted by molar-refractivity contribution is 8.00. The van der Waals surface area contributed by atoms with E-state index in [0.717, 1.165) is 5.75 Å². The quantitative estimate of drug-likeness (QED) is 0.768. The summed E-state index contributed by atoms with van der Waals surface area (Å²) in [5.41, 5.74) is 0.679. The average molecular weight is 312 g/mol. The first-order chi connectivity index (χ1) is 9.99. The first kappa shape index (κ1) is 15.7. The number of amides is 2. The summed E-state index contributed by atoms with van der Waals surface area (Å²) >= 11 is 1.83. The van der Waals surface area contributed by atoms with E-state index in [1.807, 2.05) is 18.7 Å². The molecule has 0 saturated carbocycles. The van der Waals surface area contributed by atoms with Gasteiger partial charge in [0.1, 0.15) is 6.04 Å². The molecule has 0 aliphatic carbocycles. The van der Waals surface area contributed by atoms with Crippen LogP contribution < -0.4 is 5.32 Å². The molecule has 0 radical (unpaired) electrons.